The van der Waals surface area contributed by atoms with Crippen LogP contribution in [0.2, 0.25) is 5.02 Å². The summed E-state index contributed by atoms with van der Waals surface area (Å²) in [6, 6.07) is 6.54. The molecule has 1 aromatic rings. The summed E-state index contributed by atoms with van der Waals surface area (Å²) in [4.78, 5) is 30.0. The zero-order valence-corrected chi connectivity index (χ0v) is 13.1. The first-order valence-corrected chi connectivity index (χ1v) is 7.26. The van der Waals surface area contributed by atoms with E-state index in [0.29, 0.717) is 29.4 Å². The van der Waals surface area contributed by atoms with E-state index >= 15 is 0 Å². The number of imide groups is 1. The second-order valence-electron chi connectivity index (χ2n) is 5.02. The Kier molecular flexibility index (Phi) is 4.32. The van der Waals surface area contributed by atoms with E-state index in [1.54, 1.807) is 24.3 Å². The Bertz CT molecular complexity index is 609. The van der Waals surface area contributed by atoms with Gasteiger partial charge in [0, 0.05) is 12.1 Å². The van der Waals surface area contributed by atoms with E-state index in [4.69, 9.17) is 11.6 Å². The predicted octanol–water partition coefficient (Wildman–Crippen LogP) is 3.36. The highest BCUT2D eigenvalue weighted by atomic mass is 35.5. The lowest BCUT2D eigenvalue weighted by Crippen LogP contribution is -2.62. The van der Waals surface area contributed by atoms with Crippen LogP contribution in [0.1, 0.15) is 26.7 Å². The average molecular weight is 308 g/mol. The second-order valence-corrected chi connectivity index (χ2v) is 5.46. The first-order valence-electron chi connectivity index (χ1n) is 6.88. The number of hydrogen-bond acceptors (Lipinski definition) is 3. The number of nitrogens with one attached hydrogen (secondary N) is 1. The normalized spacial score (nSPS) is 19.8. The van der Waals surface area contributed by atoms with Crippen molar-refractivity contribution in [3.8, 4) is 0 Å². The van der Waals surface area contributed by atoms with E-state index < -0.39 is 11.4 Å². The molecule has 1 aliphatic rings. The lowest BCUT2D eigenvalue weighted by Gasteiger charge is -2.39. The van der Waals surface area contributed by atoms with Crippen LogP contribution >= 0.6 is 11.6 Å². The number of amidine groups is 1. The third-order valence-electron chi connectivity index (χ3n) is 3.95. The maximum Gasteiger partial charge on any atom is 0.329 e. The largest absolute Gasteiger partial charge is 0.329 e. The summed E-state index contributed by atoms with van der Waals surface area (Å²) in [5, 5.41) is 3.29. The Hall–Kier alpha value is -1.88. The zero-order valence-electron chi connectivity index (χ0n) is 12.3. The molecule has 0 radical (unpaired) electrons. The fourth-order valence-electron chi connectivity index (χ4n) is 2.52. The van der Waals surface area contributed by atoms with E-state index in [1.807, 2.05) is 13.8 Å². The number of rotatable bonds is 3. The molecule has 0 unspecified atom stereocenters. The number of benzene rings is 1. The van der Waals surface area contributed by atoms with Crippen LogP contribution in [0, 0.1) is 5.41 Å². The molecule has 0 aromatic heterocycles. The number of aliphatic imine (C=N–C) groups is 1. The SMILES string of the molecule is CCC1(CC)C(=O)N(C)C(=O)NC1=Nc1cccc(Cl)c1. The summed E-state index contributed by atoms with van der Waals surface area (Å²) in [5.74, 6) is 0.167. The van der Waals surface area contributed by atoms with Crippen LogP contribution in [-0.4, -0.2) is 29.7 Å². The minimum atomic E-state index is -0.801. The fraction of sp³-hybridized carbons (Fsp3) is 0.400. The van der Waals surface area contributed by atoms with Crippen molar-refractivity contribution in [2.75, 3.05) is 7.05 Å². The van der Waals surface area contributed by atoms with E-state index in [1.165, 1.54) is 7.05 Å². The molecule has 0 aliphatic carbocycles. The maximum absolute atomic E-state index is 12.5. The number of carbonyl (C=O) groups excluding carboxylic acids is 2. The molecule has 21 heavy (non-hydrogen) atoms. The molecule has 112 valence electrons. The molecular weight excluding hydrogens is 290 g/mol. The summed E-state index contributed by atoms with van der Waals surface area (Å²) >= 11 is 5.95. The van der Waals surface area contributed by atoms with Gasteiger partial charge in [-0.3, -0.25) is 15.0 Å². The van der Waals surface area contributed by atoms with Crippen molar-refractivity contribution in [3.63, 3.8) is 0 Å². The van der Waals surface area contributed by atoms with Gasteiger partial charge in [0.2, 0.25) is 5.91 Å². The molecule has 1 fully saturated rings. The summed E-state index contributed by atoms with van der Waals surface area (Å²) in [7, 11) is 1.48. The van der Waals surface area contributed by atoms with Crippen LogP contribution in [0.25, 0.3) is 0 Å². The summed E-state index contributed by atoms with van der Waals surface area (Å²) < 4.78 is 0. The molecule has 1 aliphatic heterocycles. The van der Waals surface area contributed by atoms with Crippen LogP contribution in [-0.2, 0) is 4.79 Å². The monoisotopic (exact) mass is 307 g/mol. The van der Waals surface area contributed by atoms with Crippen molar-refractivity contribution in [1.29, 1.82) is 0 Å². The first kappa shape index (κ1) is 15.5. The molecule has 6 heteroatoms. The number of amides is 3. The van der Waals surface area contributed by atoms with Gasteiger partial charge in [0.1, 0.15) is 11.3 Å². The van der Waals surface area contributed by atoms with Gasteiger partial charge in [-0.15, -0.1) is 0 Å². The summed E-state index contributed by atoms with van der Waals surface area (Å²) in [6.07, 6.45) is 1.12. The number of nitrogens with zero attached hydrogens (tertiary/aromatic N) is 2. The van der Waals surface area contributed by atoms with Gasteiger partial charge in [-0.2, -0.15) is 0 Å². The highest BCUT2D eigenvalue weighted by Gasteiger charge is 2.48. The Morgan fingerprint density at radius 3 is 2.52 bits per heavy atom. The highest BCUT2D eigenvalue weighted by Crippen LogP contribution is 2.34. The summed E-state index contributed by atoms with van der Waals surface area (Å²) in [5.41, 5.74) is -0.188. The van der Waals surface area contributed by atoms with Crippen LogP contribution in [0.3, 0.4) is 0 Å². The highest BCUT2D eigenvalue weighted by molar-refractivity contribution is 6.30. The minimum Gasteiger partial charge on any atom is -0.294 e. The number of urea groups is 1. The smallest absolute Gasteiger partial charge is 0.294 e. The standard InChI is InChI=1S/C15H18ClN3O2/c1-4-15(5-2)12(18-14(21)19(3)13(15)20)17-11-8-6-7-10(16)9-11/h6-9H,4-5H2,1-3H3,(H,17,18,21). The van der Waals surface area contributed by atoms with E-state index in [-0.39, 0.29) is 5.91 Å². The third-order valence-corrected chi connectivity index (χ3v) is 4.19. The van der Waals surface area contributed by atoms with Gasteiger partial charge in [0.05, 0.1) is 5.69 Å². The van der Waals surface area contributed by atoms with Gasteiger partial charge >= 0.3 is 6.03 Å². The van der Waals surface area contributed by atoms with Gasteiger partial charge in [0.15, 0.2) is 0 Å². The van der Waals surface area contributed by atoms with Crippen LogP contribution < -0.4 is 5.32 Å². The molecule has 2 rings (SSSR count). The molecule has 1 N–H and O–H groups in total. The molecular formula is C15H18ClN3O2. The van der Waals surface area contributed by atoms with Crippen LogP contribution in [0.4, 0.5) is 10.5 Å². The molecule has 3 amide bonds. The van der Waals surface area contributed by atoms with E-state index in [2.05, 4.69) is 10.3 Å². The van der Waals surface area contributed by atoms with Crippen molar-refractivity contribution < 1.29 is 9.59 Å². The molecule has 0 atom stereocenters. The van der Waals surface area contributed by atoms with Crippen molar-refractivity contribution in [2.45, 2.75) is 26.7 Å². The third kappa shape index (κ3) is 2.65. The lowest BCUT2D eigenvalue weighted by molar-refractivity contribution is -0.135. The lowest BCUT2D eigenvalue weighted by atomic mass is 9.78. The first-order chi connectivity index (χ1) is 9.94. The number of hydrogen-bond donors (Lipinski definition) is 1. The van der Waals surface area contributed by atoms with Gasteiger partial charge < -0.3 is 0 Å². The molecule has 5 nitrogen and oxygen atoms in total. The molecule has 1 saturated heterocycles. The van der Waals surface area contributed by atoms with Gasteiger partial charge in [-0.05, 0) is 31.0 Å². The van der Waals surface area contributed by atoms with E-state index in [9.17, 15) is 9.59 Å². The maximum atomic E-state index is 12.5. The molecule has 1 heterocycles. The predicted molar refractivity (Wildman–Crippen MR) is 82.9 cm³/mol. The van der Waals surface area contributed by atoms with Gasteiger partial charge in [-0.25, -0.2) is 9.79 Å². The Morgan fingerprint density at radius 2 is 1.95 bits per heavy atom. The van der Waals surface area contributed by atoms with Crippen molar-refractivity contribution in [3.05, 3.63) is 29.3 Å². The Balaban J connectivity index is 2.52. The number of halogens is 1. The van der Waals surface area contributed by atoms with E-state index in [0.717, 1.165) is 4.90 Å². The van der Waals surface area contributed by atoms with Crippen molar-refractivity contribution >= 4 is 35.1 Å². The van der Waals surface area contributed by atoms with Crippen molar-refractivity contribution in [1.82, 2.24) is 10.2 Å². The Labute approximate surface area is 129 Å². The Morgan fingerprint density at radius 1 is 1.29 bits per heavy atom. The van der Waals surface area contributed by atoms with Gasteiger partial charge in [-0.1, -0.05) is 31.5 Å². The van der Waals surface area contributed by atoms with Crippen LogP contribution in [0.5, 0.6) is 0 Å². The van der Waals surface area contributed by atoms with Crippen LogP contribution in [0.15, 0.2) is 29.3 Å². The minimum absolute atomic E-state index is 0.225. The number of carbonyl (C=O) groups is 2. The molecule has 0 saturated carbocycles. The van der Waals surface area contributed by atoms with Crippen molar-refractivity contribution in [2.24, 2.45) is 10.4 Å². The zero-order chi connectivity index (χ0) is 15.6. The molecule has 1 aromatic carbocycles. The molecule has 0 bridgehead atoms. The average Bonchev–Trinajstić information content (AvgIpc) is 2.46. The summed E-state index contributed by atoms with van der Waals surface area (Å²) in [6.45, 7) is 3.83. The van der Waals surface area contributed by atoms with Gasteiger partial charge in [0.25, 0.3) is 0 Å². The quantitative estimate of drug-likeness (QED) is 0.930. The topological polar surface area (TPSA) is 61.8 Å². The molecule has 0 spiro atoms. The second kappa shape index (κ2) is 5.85. The fourth-order valence-corrected chi connectivity index (χ4v) is 2.70.